The van der Waals surface area contributed by atoms with Crippen LogP contribution in [0.1, 0.15) is 58.7 Å². The molecule has 1 unspecified atom stereocenters. The second kappa shape index (κ2) is 6.65. The standard InChI is InChI=1S/C18H21N5OS/c1-11(2)18-22-20-16(25-18)10-23-9-14-7-5-4-6-13(14)8-15(23)17-21-19-12(3)24-17/h4-7,11,15H,8-10H2,1-3H3. The molecule has 2 aromatic heterocycles. The van der Waals surface area contributed by atoms with Crippen molar-refractivity contribution < 1.29 is 4.42 Å². The Hall–Kier alpha value is -2.12. The van der Waals surface area contributed by atoms with E-state index in [1.165, 1.54) is 11.1 Å². The fraction of sp³-hybridized carbons (Fsp3) is 0.444. The van der Waals surface area contributed by atoms with Gasteiger partial charge in [-0.3, -0.25) is 4.90 Å². The second-order valence-electron chi connectivity index (χ2n) is 6.74. The number of aryl methyl sites for hydroxylation is 1. The third kappa shape index (κ3) is 3.34. The third-order valence-corrected chi connectivity index (χ3v) is 5.70. The van der Waals surface area contributed by atoms with E-state index in [2.05, 4.69) is 63.4 Å². The number of aromatic nitrogens is 4. The quantitative estimate of drug-likeness (QED) is 0.711. The normalized spacial score (nSPS) is 17.8. The maximum Gasteiger partial charge on any atom is 0.233 e. The zero-order valence-electron chi connectivity index (χ0n) is 14.6. The summed E-state index contributed by atoms with van der Waals surface area (Å²) in [6.45, 7) is 7.71. The van der Waals surface area contributed by atoms with Crippen molar-refractivity contribution in [3.05, 3.63) is 57.2 Å². The molecule has 4 rings (SSSR count). The van der Waals surface area contributed by atoms with Crippen LogP contribution >= 0.6 is 11.3 Å². The molecular formula is C18H21N5OS. The first-order valence-corrected chi connectivity index (χ1v) is 9.35. The zero-order valence-corrected chi connectivity index (χ0v) is 15.5. The number of rotatable bonds is 4. The van der Waals surface area contributed by atoms with Gasteiger partial charge in [0.25, 0.3) is 0 Å². The largest absolute Gasteiger partial charge is 0.424 e. The predicted molar refractivity (Wildman–Crippen MR) is 95.2 cm³/mol. The molecule has 1 aliphatic rings. The first-order valence-electron chi connectivity index (χ1n) is 8.53. The van der Waals surface area contributed by atoms with Gasteiger partial charge in [-0.25, -0.2) is 0 Å². The highest BCUT2D eigenvalue weighted by Crippen LogP contribution is 2.34. The van der Waals surface area contributed by atoms with Gasteiger partial charge in [-0.2, -0.15) is 0 Å². The number of fused-ring (bicyclic) bond motifs is 1. The van der Waals surface area contributed by atoms with Crippen LogP contribution < -0.4 is 0 Å². The molecule has 0 saturated heterocycles. The molecule has 0 bridgehead atoms. The van der Waals surface area contributed by atoms with E-state index in [9.17, 15) is 0 Å². The van der Waals surface area contributed by atoms with Crippen LogP contribution in [-0.2, 0) is 19.5 Å². The van der Waals surface area contributed by atoms with Crippen LogP contribution in [0.25, 0.3) is 0 Å². The molecule has 0 amide bonds. The van der Waals surface area contributed by atoms with Gasteiger partial charge in [0, 0.05) is 19.4 Å². The summed E-state index contributed by atoms with van der Waals surface area (Å²) in [5.74, 6) is 1.69. The van der Waals surface area contributed by atoms with Crippen molar-refractivity contribution in [3.8, 4) is 0 Å². The highest BCUT2D eigenvalue weighted by Gasteiger charge is 2.31. The summed E-state index contributed by atoms with van der Waals surface area (Å²) in [5, 5.41) is 19.1. The Labute approximate surface area is 150 Å². The Balaban J connectivity index is 1.64. The molecule has 1 aromatic carbocycles. The summed E-state index contributed by atoms with van der Waals surface area (Å²) < 4.78 is 5.75. The minimum Gasteiger partial charge on any atom is -0.424 e. The molecule has 3 aromatic rings. The van der Waals surface area contributed by atoms with E-state index in [-0.39, 0.29) is 6.04 Å². The van der Waals surface area contributed by atoms with Crippen LogP contribution in [0.5, 0.6) is 0 Å². The van der Waals surface area contributed by atoms with Crippen LogP contribution in [0.2, 0.25) is 0 Å². The minimum atomic E-state index is 0.0718. The minimum absolute atomic E-state index is 0.0718. The van der Waals surface area contributed by atoms with Gasteiger partial charge in [-0.1, -0.05) is 49.4 Å². The van der Waals surface area contributed by atoms with Crippen LogP contribution in [-0.4, -0.2) is 25.3 Å². The molecule has 0 aliphatic carbocycles. The van der Waals surface area contributed by atoms with Crippen LogP contribution in [0.3, 0.4) is 0 Å². The molecule has 0 N–H and O–H groups in total. The van der Waals surface area contributed by atoms with Crippen molar-refractivity contribution in [1.82, 2.24) is 25.3 Å². The number of hydrogen-bond donors (Lipinski definition) is 0. The van der Waals surface area contributed by atoms with Crippen molar-refractivity contribution in [3.63, 3.8) is 0 Å². The highest BCUT2D eigenvalue weighted by atomic mass is 32.1. The molecule has 1 atom stereocenters. The third-order valence-electron chi connectivity index (χ3n) is 4.49. The Morgan fingerprint density at radius 3 is 2.64 bits per heavy atom. The highest BCUT2D eigenvalue weighted by molar-refractivity contribution is 7.11. The van der Waals surface area contributed by atoms with Gasteiger partial charge in [0.05, 0.1) is 12.6 Å². The van der Waals surface area contributed by atoms with E-state index in [0.717, 1.165) is 29.5 Å². The first-order chi connectivity index (χ1) is 12.1. The molecule has 25 heavy (non-hydrogen) atoms. The topological polar surface area (TPSA) is 67.9 Å². The molecule has 7 heteroatoms. The second-order valence-corrected chi connectivity index (χ2v) is 7.84. The summed E-state index contributed by atoms with van der Waals surface area (Å²) in [5.41, 5.74) is 2.70. The first kappa shape index (κ1) is 16.4. The van der Waals surface area contributed by atoms with Crippen molar-refractivity contribution in [2.24, 2.45) is 0 Å². The fourth-order valence-electron chi connectivity index (χ4n) is 3.17. The number of benzene rings is 1. The van der Waals surface area contributed by atoms with E-state index in [1.807, 2.05) is 6.92 Å². The Bertz CT molecular complexity index is 872. The molecule has 3 heterocycles. The van der Waals surface area contributed by atoms with E-state index >= 15 is 0 Å². The van der Waals surface area contributed by atoms with Crippen LogP contribution in [0.15, 0.2) is 28.7 Å². The molecule has 130 valence electrons. The fourth-order valence-corrected chi connectivity index (χ4v) is 4.04. The predicted octanol–water partition coefficient (Wildman–Crippen LogP) is 3.65. The molecule has 0 fully saturated rings. The van der Waals surface area contributed by atoms with E-state index in [0.29, 0.717) is 17.7 Å². The van der Waals surface area contributed by atoms with Gasteiger partial charge >= 0.3 is 0 Å². The summed E-state index contributed by atoms with van der Waals surface area (Å²) in [6.07, 6.45) is 0.869. The summed E-state index contributed by atoms with van der Waals surface area (Å²) in [6, 6.07) is 8.63. The number of nitrogens with zero attached hydrogens (tertiary/aromatic N) is 5. The lowest BCUT2D eigenvalue weighted by atomic mass is 9.94. The summed E-state index contributed by atoms with van der Waals surface area (Å²) >= 11 is 1.69. The van der Waals surface area contributed by atoms with Gasteiger partial charge in [0.2, 0.25) is 11.8 Å². The SMILES string of the molecule is Cc1nnc(C2Cc3ccccc3CN2Cc2nnc(C(C)C)s2)o1. The van der Waals surface area contributed by atoms with Crippen molar-refractivity contribution >= 4 is 11.3 Å². The maximum atomic E-state index is 5.75. The van der Waals surface area contributed by atoms with Crippen molar-refractivity contribution in [1.29, 1.82) is 0 Å². The molecule has 0 radical (unpaired) electrons. The van der Waals surface area contributed by atoms with Gasteiger partial charge in [0.1, 0.15) is 10.0 Å². The Morgan fingerprint density at radius 2 is 1.96 bits per heavy atom. The summed E-state index contributed by atoms with van der Waals surface area (Å²) in [7, 11) is 0. The lowest BCUT2D eigenvalue weighted by molar-refractivity contribution is 0.137. The zero-order chi connectivity index (χ0) is 17.4. The number of hydrogen-bond acceptors (Lipinski definition) is 7. The van der Waals surface area contributed by atoms with Gasteiger partial charge in [-0.05, 0) is 17.5 Å². The Kier molecular flexibility index (Phi) is 4.35. The molecule has 0 spiro atoms. The van der Waals surface area contributed by atoms with Gasteiger partial charge in [-0.15, -0.1) is 20.4 Å². The lowest BCUT2D eigenvalue weighted by Gasteiger charge is -2.34. The maximum absolute atomic E-state index is 5.75. The van der Waals surface area contributed by atoms with Crippen LogP contribution in [0.4, 0.5) is 0 Å². The average molecular weight is 355 g/mol. The smallest absolute Gasteiger partial charge is 0.233 e. The average Bonchev–Trinajstić information content (AvgIpc) is 3.23. The molecule has 0 saturated carbocycles. The molecule has 1 aliphatic heterocycles. The summed E-state index contributed by atoms with van der Waals surface area (Å²) in [4.78, 5) is 2.36. The molecule has 6 nitrogen and oxygen atoms in total. The Morgan fingerprint density at radius 1 is 1.16 bits per heavy atom. The molecular weight excluding hydrogens is 334 g/mol. The van der Waals surface area contributed by atoms with Crippen molar-refractivity contribution in [2.45, 2.75) is 52.2 Å². The lowest BCUT2D eigenvalue weighted by Crippen LogP contribution is -2.34. The van der Waals surface area contributed by atoms with Crippen molar-refractivity contribution in [2.75, 3.05) is 0 Å². The van der Waals surface area contributed by atoms with Gasteiger partial charge in [0.15, 0.2) is 0 Å². The van der Waals surface area contributed by atoms with Gasteiger partial charge < -0.3 is 4.42 Å². The van der Waals surface area contributed by atoms with Crippen LogP contribution in [0, 0.1) is 6.92 Å². The van der Waals surface area contributed by atoms with E-state index in [4.69, 9.17) is 4.42 Å². The van der Waals surface area contributed by atoms with E-state index < -0.39 is 0 Å². The van der Waals surface area contributed by atoms with E-state index in [1.54, 1.807) is 11.3 Å². The monoisotopic (exact) mass is 355 g/mol.